The Morgan fingerprint density at radius 1 is 1.28 bits per heavy atom. The van der Waals surface area contributed by atoms with Crippen LogP contribution in [0.4, 0.5) is 0 Å². The second kappa shape index (κ2) is 4.50. The van der Waals surface area contributed by atoms with Crippen molar-refractivity contribution in [1.29, 1.82) is 0 Å². The fourth-order valence-corrected chi connectivity index (χ4v) is 2.28. The van der Waals surface area contributed by atoms with Crippen LogP contribution in [0.1, 0.15) is 30.1 Å². The number of aromatic nitrogens is 1. The van der Waals surface area contributed by atoms with E-state index in [0.717, 1.165) is 24.0 Å². The molecular weight excluding hydrogens is 226 g/mol. The van der Waals surface area contributed by atoms with Gasteiger partial charge in [0.1, 0.15) is 5.75 Å². The molecule has 3 heteroatoms. The molecule has 1 atom stereocenters. The van der Waals surface area contributed by atoms with E-state index < -0.39 is 0 Å². The second-order valence-corrected chi connectivity index (χ2v) is 5.07. The van der Waals surface area contributed by atoms with Crippen LogP contribution < -0.4 is 0 Å². The molecule has 1 aromatic heterocycles. The molecule has 3 nitrogen and oxygen atoms in total. The minimum Gasteiger partial charge on any atom is -0.508 e. The van der Waals surface area contributed by atoms with E-state index in [1.54, 1.807) is 12.1 Å². The number of hydrogen-bond donors (Lipinski definition) is 2. The highest BCUT2D eigenvalue weighted by Crippen LogP contribution is 2.40. The fraction of sp³-hybridized carbons (Fsp3) is 0.333. The standard InChI is InChI=1S/C15H17NO2/c17-14-3-1-2-11(8-14)9-16-7-6-13(10-16)15(18)12-4-5-12/h1-3,6-8,10,12,15,17-18H,4-5,9H2. The van der Waals surface area contributed by atoms with Crippen molar-refractivity contribution in [3.05, 3.63) is 53.9 Å². The van der Waals surface area contributed by atoms with Crippen molar-refractivity contribution in [1.82, 2.24) is 4.57 Å². The molecule has 0 aliphatic heterocycles. The monoisotopic (exact) mass is 243 g/mol. The second-order valence-electron chi connectivity index (χ2n) is 5.07. The molecule has 0 spiro atoms. The van der Waals surface area contributed by atoms with Gasteiger partial charge in [-0.05, 0) is 48.1 Å². The maximum atomic E-state index is 10.0. The van der Waals surface area contributed by atoms with Gasteiger partial charge in [-0.1, -0.05) is 12.1 Å². The average molecular weight is 243 g/mol. The summed E-state index contributed by atoms with van der Waals surface area (Å²) in [4.78, 5) is 0. The summed E-state index contributed by atoms with van der Waals surface area (Å²) in [6, 6.07) is 9.23. The Morgan fingerprint density at radius 3 is 2.83 bits per heavy atom. The Morgan fingerprint density at radius 2 is 2.11 bits per heavy atom. The van der Waals surface area contributed by atoms with E-state index in [-0.39, 0.29) is 11.9 Å². The largest absolute Gasteiger partial charge is 0.508 e. The third-order valence-electron chi connectivity index (χ3n) is 3.46. The van der Waals surface area contributed by atoms with Gasteiger partial charge in [0.15, 0.2) is 0 Å². The summed E-state index contributed by atoms with van der Waals surface area (Å²) in [5.74, 6) is 0.750. The fourth-order valence-electron chi connectivity index (χ4n) is 2.28. The number of aliphatic hydroxyl groups is 1. The van der Waals surface area contributed by atoms with Crippen LogP contribution in [0.25, 0.3) is 0 Å². The van der Waals surface area contributed by atoms with Crippen LogP contribution in [0.15, 0.2) is 42.7 Å². The van der Waals surface area contributed by atoms with Gasteiger partial charge in [0.05, 0.1) is 6.10 Å². The number of nitrogens with zero attached hydrogens (tertiary/aromatic N) is 1. The minimum atomic E-state index is -0.310. The van der Waals surface area contributed by atoms with Gasteiger partial charge in [-0.25, -0.2) is 0 Å². The lowest BCUT2D eigenvalue weighted by Crippen LogP contribution is -1.99. The molecule has 2 aromatic rings. The first kappa shape index (κ1) is 11.4. The van der Waals surface area contributed by atoms with E-state index in [1.165, 1.54) is 0 Å². The first-order chi connectivity index (χ1) is 8.72. The molecule has 1 aliphatic rings. The predicted octanol–water partition coefficient (Wildman–Crippen LogP) is 2.69. The van der Waals surface area contributed by atoms with Gasteiger partial charge in [0.25, 0.3) is 0 Å². The molecule has 2 N–H and O–H groups in total. The Hall–Kier alpha value is -1.74. The summed E-state index contributed by atoms with van der Waals surface area (Å²) in [5, 5.41) is 19.4. The van der Waals surface area contributed by atoms with E-state index in [0.29, 0.717) is 12.5 Å². The highest BCUT2D eigenvalue weighted by atomic mass is 16.3. The van der Waals surface area contributed by atoms with Crippen LogP contribution in [0.5, 0.6) is 5.75 Å². The Balaban J connectivity index is 1.73. The van der Waals surface area contributed by atoms with Crippen molar-refractivity contribution in [2.45, 2.75) is 25.5 Å². The Labute approximate surface area is 106 Å². The third kappa shape index (κ3) is 2.41. The SMILES string of the molecule is Oc1cccc(Cn2ccc(C(O)C3CC3)c2)c1. The van der Waals surface area contributed by atoms with Crippen molar-refractivity contribution in [3.63, 3.8) is 0 Å². The molecule has 0 saturated heterocycles. The molecule has 1 saturated carbocycles. The number of aliphatic hydroxyl groups excluding tert-OH is 1. The summed E-state index contributed by atoms with van der Waals surface area (Å²) in [5.41, 5.74) is 2.05. The number of phenols is 1. The summed E-state index contributed by atoms with van der Waals surface area (Å²) in [6.45, 7) is 0.714. The lowest BCUT2D eigenvalue weighted by atomic mass is 10.1. The van der Waals surface area contributed by atoms with E-state index in [9.17, 15) is 10.2 Å². The van der Waals surface area contributed by atoms with E-state index in [1.807, 2.05) is 35.2 Å². The Bertz CT molecular complexity index is 543. The van der Waals surface area contributed by atoms with Gasteiger partial charge in [-0.3, -0.25) is 0 Å². The van der Waals surface area contributed by atoms with Crippen LogP contribution in [0, 0.1) is 5.92 Å². The van der Waals surface area contributed by atoms with Gasteiger partial charge >= 0.3 is 0 Å². The van der Waals surface area contributed by atoms with Crippen LogP contribution >= 0.6 is 0 Å². The molecule has 0 bridgehead atoms. The van der Waals surface area contributed by atoms with Crippen molar-refractivity contribution >= 4 is 0 Å². The maximum Gasteiger partial charge on any atom is 0.115 e. The zero-order valence-electron chi connectivity index (χ0n) is 10.2. The predicted molar refractivity (Wildman–Crippen MR) is 69.3 cm³/mol. The lowest BCUT2D eigenvalue weighted by Gasteiger charge is -2.06. The van der Waals surface area contributed by atoms with Gasteiger partial charge in [0.2, 0.25) is 0 Å². The van der Waals surface area contributed by atoms with E-state index in [4.69, 9.17) is 0 Å². The first-order valence-electron chi connectivity index (χ1n) is 6.34. The van der Waals surface area contributed by atoms with Gasteiger partial charge < -0.3 is 14.8 Å². The van der Waals surface area contributed by atoms with E-state index >= 15 is 0 Å². The molecule has 1 fully saturated rings. The summed E-state index contributed by atoms with van der Waals surface area (Å²) >= 11 is 0. The zero-order valence-corrected chi connectivity index (χ0v) is 10.2. The normalized spacial score (nSPS) is 16.7. The molecule has 1 aromatic carbocycles. The van der Waals surface area contributed by atoms with Crippen molar-refractivity contribution in [3.8, 4) is 5.75 Å². The number of rotatable bonds is 4. The van der Waals surface area contributed by atoms with Gasteiger partial charge in [-0.15, -0.1) is 0 Å². The van der Waals surface area contributed by atoms with Crippen molar-refractivity contribution in [2.24, 2.45) is 5.92 Å². The molecule has 3 rings (SSSR count). The first-order valence-corrected chi connectivity index (χ1v) is 6.34. The summed E-state index contributed by atoms with van der Waals surface area (Å²) in [6.07, 6.45) is 5.94. The topological polar surface area (TPSA) is 45.4 Å². The molecule has 94 valence electrons. The number of benzene rings is 1. The third-order valence-corrected chi connectivity index (χ3v) is 3.46. The molecule has 0 amide bonds. The highest BCUT2D eigenvalue weighted by Gasteiger charge is 2.31. The summed E-state index contributed by atoms with van der Waals surface area (Å²) in [7, 11) is 0. The maximum absolute atomic E-state index is 10.0. The van der Waals surface area contributed by atoms with Gasteiger partial charge in [0, 0.05) is 18.9 Å². The zero-order chi connectivity index (χ0) is 12.5. The van der Waals surface area contributed by atoms with E-state index in [2.05, 4.69) is 0 Å². The average Bonchev–Trinajstić information content (AvgIpc) is 3.09. The molecule has 18 heavy (non-hydrogen) atoms. The number of hydrogen-bond acceptors (Lipinski definition) is 2. The summed E-state index contributed by atoms with van der Waals surface area (Å²) < 4.78 is 2.04. The van der Waals surface area contributed by atoms with Gasteiger partial charge in [-0.2, -0.15) is 0 Å². The number of phenolic OH excluding ortho intramolecular Hbond substituents is 1. The molecule has 0 radical (unpaired) electrons. The minimum absolute atomic E-state index is 0.290. The molecule has 1 heterocycles. The number of aromatic hydroxyl groups is 1. The quantitative estimate of drug-likeness (QED) is 0.867. The van der Waals surface area contributed by atoms with Crippen molar-refractivity contribution < 1.29 is 10.2 Å². The molecular formula is C15H17NO2. The lowest BCUT2D eigenvalue weighted by molar-refractivity contribution is 0.154. The van der Waals surface area contributed by atoms with Crippen LogP contribution in [0.3, 0.4) is 0 Å². The molecule has 1 unspecified atom stereocenters. The van der Waals surface area contributed by atoms with Crippen LogP contribution in [-0.4, -0.2) is 14.8 Å². The Kier molecular flexibility index (Phi) is 2.84. The van der Waals surface area contributed by atoms with Crippen molar-refractivity contribution in [2.75, 3.05) is 0 Å². The highest BCUT2D eigenvalue weighted by molar-refractivity contribution is 5.28. The molecule has 1 aliphatic carbocycles. The van der Waals surface area contributed by atoms with Crippen LogP contribution in [0.2, 0.25) is 0 Å². The smallest absolute Gasteiger partial charge is 0.115 e. The van der Waals surface area contributed by atoms with Crippen LogP contribution in [-0.2, 0) is 6.54 Å².